The van der Waals surface area contributed by atoms with E-state index in [4.69, 9.17) is 9.97 Å². The third-order valence-corrected chi connectivity index (χ3v) is 13.2. The standard InChI is InChI=1S/C34H36FN2S.C17H32O2.Ir/c1-32(2,3)27-14-22(12-21-13-24(35)9-11-25(21)27)29-31-30(37-19-36-29)26-10-8-20(15-28(26)38-31)23-16-33(4,5)18-34(6,7)17-23;1-10(2)16(11(3)4)14(18)9-15(19)17(12(5)6)13(7)8;/h8-11,13-15,19,23H,16-18H2,1-7H3;9-13,16-18H,1-8H3;/q-1;;/b;14-9-;. The minimum absolute atomic E-state index is 0. The monoisotopic (exact) mass is 984 g/mol. The predicted molar refractivity (Wildman–Crippen MR) is 242 cm³/mol. The smallest absolute Gasteiger partial charge is 0.162 e. The molecule has 0 atom stereocenters. The molecule has 1 aliphatic rings. The second-order valence-corrected chi connectivity index (χ2v) is 22.0. The van der Waals surface area contributed by atoms with Crippen LogP contribution < -0.4 is 0 Å². The number of nitrogens with zero attached hydrogens (tertiary/aromatic N) is 2. The number of carbonyl (C=O) groups excluding carboxylic acids is 1. The molecule has 58 heavy (non-hydrogen) atoms. The molecule has 4 nitrogen and oxygen atoms in total. The van der Waals surface area contributed by atoms with E-state index in [1.807, 2.05) is 6.07 Å². The van der Waals surface area contributed by atoms with Gasteiger partial charge in [-0.05, 0) is 82.8 Å². The molecule has 1 saturated carbocycles. The van der Waals surface area contributed by atoms with Crippen LogP contribution in [0, 0.1) is 58.2 Å². The van der Waals surface area contributed by atoms with Gasteiger partial charge in [-0.3, -0.25) is 9.78 Å². The summed E-state index contributed by atoms with van der Waals surface area (Å²) < 4.78 is 16.6. The molecule has 1 aliphatic carbocycles. The zero-order chi connectivity index (χ0) is 42.4. The van der Waals surface area contributed by atoms with Crippen LogP contribution in [0.2, 0.25) is 0 Å². The Hall–Kier alpha value is -2.99. The first-order valence-electron chi connectivity index (χ1n) is 21.2. The Kier molecular flexibility index (Phi) is 15.1. The number of carbonyl (C=O) groups is 1. The van der Waals surface area contributed by atoms with Crippen LogP contribution in [0.4, 0.5) is 4.39 Å². The van der Waals surface area contributed by atoms with E-state index >= 15 is 0 Å². The van der Waals surface area contributed by atoms with Crippen molar-refractivity contribution in [1.29, 1.82) is 0 Å². The summed E-state index contributed by atoms with van der Waals surface area (Å²) in [6, 6.07) is 17.6. The van der Waals surface area contributed by atoms with Gasteiger partial charge < -0.3 is 5.11 Å². The normalized spacial score (nSPS) is 16.3. The number of ketones is 1. The van der Waals surface area contributed by atoms with Crippen molar-refractivity contribution in [2.75, 3.05) is 0 Å². The average Bonchev–Trinajstić information content (AvgIpc) is 3.43. The van der Waals surface area contributed by atoms with Crippen molar-refractivity contribution in [3.63, 3.8) is 0 Å². The summed E-state index contributed by atoms with van der Waals surface area (Å²) >= 11 is 1.76. The molecule has 0 bridgehead atoms. The Morgan fingerprint density at radius 2 is 1.41 bits per heavy atom. The largest absolute Gasteiger partial charge is 0.512 e. The van der Waals surface area contributed by atoms with Gasteiger partial charge in [-0.15, -0.1) is 34.4 Å². The van der Waals surface area contributed by atoms with Gasteiger partial charge in [0.2, 0.25) is 0 Å². The van der Waals surface area contributed by atoms with Gasteiger partial charge in [0.1, 0.15) is 6.33 Å². The molecule has 0 unspecified atom stereocenters. The number of fused-ring (bicyclic) bond motifs is 4. The molecular formula is C51H68FIrN2O2S-. The van der Waals surface area contributed by atoms with E-state index in [0.29, 0.717) is 40.4 Å². The number of aliphatic hydroxyl groups is 1. The van der Waals surface area contributed by atoms with E-state index in [-0.39, 0.29) is 54.7 Å². The van der Waals surface area contributed by atoms with E-state index in [1.54, 1.807) is 23.7 Å². The van der Waals surface area contributed by atoms with Crippen molar-refractivity contribution in [3.05, 3.63) is 83.6 Å². The van der Waals surface area contributed by atoms with Crippen LogP contribution in [-0.2, 0) is 30.3 Å². The minimum atomic E-state index is -0.248. The number of benzene rings is 3. The van der Waals surface area contributed by atoms with Crippen LogP contribution >= 0.6 is 11.3 Å². The van der Waals surface area contributed by atoms with E-state index in [1.165, 1.54) is 52.6 Å². The SMILES string of the molecule is CC(C)C(C(=O)/C=C(\O)C(C(C)C)C(C)C)C(C)C.CC1(C)CC(c2ccc3c(c2)sc2c(-c4[c-]c5cc(F)ccc5c(C(C)(C)C)c4)ncnc23)CC(C)(C)C1.[Ir]. The fraction of sp³-hybridized carbons (Fsp3) is 0.549. The molecule has 5 aromatic rings. The van der Waals surface area contributed by atoms with Gasteiger partial charge in [-0.25, -0.2) is 9.37 Å². The van der Waals surface area contributed by atoms with Crippen molar-refractivity contribution in [2.24, 2.45) is 46.3 Å². The van der Waals surface area contributed by atoms with Gasteiger partial charge in [0.15, 0.2) is 5.78 Å². The number of allylic oxidation sites excluding steroid dienone is 2. The number of rotatable bonds is 9. The summed E-state index contributed by atoms with van der Waals surface area (Å²) in [5.41, 5.74) is 5.92. The fourth-order valence-corrected chi connectivity index (χ4v) is 11.6. The maximum atomic E-state index is 14.2. The summed E-state index contributed by atoms with van der Waals surface area (Å²) in [6.07, 6.45) is 6.84. The summed E-state index contributed by atoms with van der Waals surface area (Å²) in [7, 11) is 0. The van der Waals surface area contributed by atoms with Gasteiger partial charge in [0.05, 0.1) is 17.1 Å². The molecule has 0 spiro atoms. The summed E-state index contributed by atoms with van der Waals surface area (Å²) in [6.45, 7) is 32.8. The van der Waals surface area contributed by atoms with Gasteiger partial charge in [-0.1, -0.05) is 139 Å². The number of aliphatic hydroxyl groups excluding tert-OH is 1. The molecule has 7 heteroatoms. The molecule has 1 fully saturated rings. The number of halogens is 1. The summed E-state index contributed by atoms with van der Waals surface area (Å²) in [5.74, 6) is 1.94. The molecule has 2 heterocycles. The molecular weight excluding hydrogens is 916 g/mol. The van der Waals surface area contributed by atoms with Crippen LogP contribution in [0.3, 0.4) is 0 Å². The van der Waals surface area contributed by atoms with Gasteiger partial charge in [0.25, 0.3) is 0 Å². The van der Waals surface area contributed by atoms with Gasteiger partial charge >= 0.3 is 0 Å². The van der Waals surface area contributed by atoms with Crippen LogP contribution in [0.25, 0.3) is 42.3 Å². The van der Waals surface area contributed by atoms with Crippen LogP contribution in [-0.4, -0.2) is 20.9 Å². The first kappa shape index (κ1) is 47.7. The Labute approximate surface area is 366 Å². The van der Waals surface area contributed by atoms with Crippen LogP contribution in [0.15, 0.2) is 60.6 Å². The minimum Gasteiger partial charge on any atom is -0.512 e. The Bertz CT molecular complexity index is 2230. The summed E-state index contributed by atoms with van der Waals surface area (Å²) in [5, 5.41) is 13.3. The van der Waals surface area contributed by atoms with Crippen LogP contribution in [0.1, 0.15) is 140 Å². The van der Waals surface area contributed by atoms with Crippen molar-refractivity contribution >= 4 is 48.2 Å². The van der Waals surface area contributed by atoms with E-state index < -0.39 is 0 Å². The van der Waals surface area contributed by atoms with E-state index in [9.17, 15) is 14.3 Å². The molecule has 0 aliphatic heterocycles. The second-order valence-electron chi connectivity index (χ2n) is 20.9. The van der Waals surface area contributed by atoms with Gasteiger partial charge in [-0.2, -0.15) is 0 Å². The molecule has 6 rings (SSSR count). The molecule has 1 radical (unpaired) electrons. The Morgan fingerprint density at radius 1 is 0.845 bits per heavy atom. The maximum Gasteiger partial charge on any atom is 0.162 e. The first-order chi connectivity index (χ1) is 26.4. The molecule has 1 N–H and O–H groups in total. The Morgan fingerprint density at radius 3 is 1.97 bits per heavy atom. The fourth-order valence-electron chi connectivity index (χ4n) is 10.3. The van der Waals surface area contributed by atoms with Crippen LogP contribution in [0.5, 0.6) is 0 Å². The summed E-state index contributed by atoms with van der Waals surface area (Å²) in [4.78, 5) is 21.8. The van der Waals surface area contributed by atoms with Gasteiger partial charge in [0, 0.05) is 58.5 Å². The third-order valence-electron chi connectivity index (χ3n) is 12.0. The predicted octanol–water partition coefficient (Wildman–Crippen LogP) is 15.1. The van der Waals surface area contributed by atoms with E-state index in [0.717, 1.165) is 32.2 Å². The van der Waals surface area contributed by atoms with E-state index in [2.05, 4.69) is 134 Å². The molecule has 317 valence electrons. The van der Waals surface area contributed by atoms with Crippen molar-refractivity contribution < 1.29 is 34.4 Å². The number of hydrogen-bond donors (Lipinski definition) is 1. The zero-order valence-corrected chi connectivity index (χ0v) is 40.9. The molecule has 3 aromatic carbocycles. The molecule has 0 saturated heterocycles. The topological polar surface area (TPSA) is 63.1 Å². The first-order valence-corrected chi connectivity index (χ1v) is 22.0. The molecule has 2 aromatic heterocycles. The Balaban J connectivity index is 0.000000319. The second kappa shape index (κ2) is 18.3. The maximum absolute atomic E-state index is 14.2. The van der Waals surface area contributed by atoms with Crippen molar-refractivity contribution in [1.82, 2.24) is 9.97 Å². The van der Waals surface area contributed by atoms with Crippen molar-refractivity contribution in [3.8, 4) is 11.3 Å². The zero-order valence-electron chi connectivity index (χ0n) is 37.7. The number of aromatic nitrogens is 2. The number of thiophene rings is 1. The van der Waals surface area contributed by atoms with Crippen molar-refractivity contribution in [2.45, 2.75) is 134 Å². The number of hydrogen-bond acceptors (Lipinski definition) is 5. The third kappa shape index (κ3) is 10.8. The quantitative estimate of drug-likeness (QED) is 0.0908. The molecule has 0 amide bonds. The average molecular weight is 984 g/mol.